The number of morpholine rings is 1. The van der Waals surface area contributed by atoms with Gasteiger partial charge in [0, 0.05) is 17.5 Å². The number of aromatic nitrogens is 1. The van der Waals surface area contributed by atoms with Gasteiger partial charge in [-0.15, -0.1) is 11.3 Å². The quantitative estimate of drug-likeness (QED) is 0.853. The van der Waals surface area contributed by atoms with Gasteiger partial charge in [0.1, 0.15) is 16.5 Å². The van der Waals surface area contributed by atoms with E-state index in [0.29, 0.717) is 18.8 Å². The van der Waals surface area contributed by atoms with Crippen LogP contribution in [0.25, 0.3) is 10.6 Å². The Morgan fingerprint density at radius 3 is 2.82 bits per heavy atom. The third-order valence-electron chi connectivity index (χ3n) is 3.68. The van der Waals surface area contributed by atoms with Crippen molar-refractivity contribution in [1.29, 1.82) is 0 Å². The Kier molecular flexibility index (Phi) is 4.22. The van der Waals surface area contributed by atoms with Gasteiger partial charge in [-0.3, -0.25) is 4.79 Å². The normalized spacial score (nSPS) is 21.9. The minimum atomic E-state index is -0.285. The van der Waals surface area contributed by atoms with E-state index in [1.54, 1.807) is 22.4 Å². The Bertz CT molecular complexity index is 671. The first-order valence-corrected chi connectivity index (χ1v) is 8.06. The Labute approximate surface area is 132 Å². The number of thiazole rings is 1. The highest BCUT2D eigenvalue weighted by Crippen LogP contribution is 2.25. The number of rotatable bonds is 2. The molecule has 6 heteroatoms. The number of amides is 1. The number of carbonyl (C=O) groups is 1. The van der Waals surface area contributed by atoms with E-state index in [0.717, 1.165) is 10.6 Å². The maximum atomic E-state index is 13.0. The fourth-order valence-corrected chi connectivity index (χ4v) is 3.23. The largest absolute Gasteiger partial charge is 0.375 e. The second-order valence-corrected chi connectivity index (χ2v) is 6.35. The van der Waals surface area contributed by atoms with Crippen LogP contribution < -0.4 is 0 Å². The zero-order chi connectivity index (χ0) is 15.7. The molecule has 1 aliphatic rings. The molecule has 0 radical (unpaired) electrons. The second-order valence-electron chi connectivity index (χ2n) is 5.50. The first-order chi connectivity index (χ1) is 10.5. The van der Waals surface area contributed by atoms with Crippen LogP contribution in [0.5, 0.6) is 0 Å². The number of benzene rings is 1. The molecule has 1 fully saturated rings. The summed E-state index contributed by atoms with van der Waals surface area (Å²) in [5.41, 5.74) is 1.25. The lowest BCUT2D eigenvalue weighted by atomic mass is 10.2. The minimum Gasteiger partial charge on any atom is -0.375 e. The van der Waals surface area contributed by atoms with Crippen molar-refractivity contribution < 1.29 is 13.9 Å². The van der Waals surface area contributed by atoms with E-state index in [1.807, 2.05) is 13.8 Å². The summed E-state index contributed by atoms with van der Waals surface area (Å²) in [4.78, 5) is 18.8. The van der Waals surface area contributed by atoms with Crippen LogP contribution in [0.1, 0.15) is 24.3 Å². The van der Waals surface area contributed by atoms with Crippen LogP contribution in [0.4, 0.5) is 4.39 Å². The number of halogens is 1. The second kappa shape index (κ2) is 6.14. The van der Waals surface area contributed by atoms with E-state index in [4.69, 9.17) is 4.74 Å². The minimum absolute atomic E-state index is 0.0374. The van der Waals surface area contributed by atoms with Crippen LogP contribution in [0.15, 0.2) is 29.6 Å². The van der Waals surface area contributed by atoms with E-state index in [2.05, 4.69) is 4.98 Å². The molecule has 1 aliphatic heterocycles. The van der Waals surface area contributed by atoms with E-state index >= 15 is 0 Å². The molecule has 2 atom stereocenters. The maximum Gasteiger partial charge on any atom is 0.273 e. The zero-order valence-corrected chi connectivity index (χ0v) is 13.3. The highest BCUT2D eigenvalue weighted by Gasteiger charge is 2.29. The molecule has 3 rings (SSSR count). The molecule has 0 saturated carbocycles. The summed E-state index contributed by atoms with van der Waals surface area (Å²) < 4.78 is 18.5. The number of ether oxygens (including phenoxy) is 1. The van der Waals surface area contributed by atoms with Crippen LogP contribution in [0, 0.1) is 5.82 Å². The van der Waals surface area contributed by atoms with Gasteiger partial charge < -0.3 is 9.64 Å². The Morgan fingerprint density at radius 1 is 1.36 bits per heavy atom. The number of carbonyl (C=O) groups excluding carboxylic acids is 1. The van der Waals surface area contributed by atoms with Gasteiger partial charge >= 0.3 is 0 Å². The Balaban J connectivity index is 1.81. The van der Waals surface area contributed by atoms with Gasteiger partial charge in [0.2, 0.25) is 0 Å². The van der Waals surface area contributed by atoms with Gasteiger partial charge in [0.25, 0.3) is 5.91 Å². The maximum absolute atomic E-state index is 13.0. The summed E-state index contributed by atoms with van der Waals surface area (Å²) in [5.74, 6) is -0.361. The average molecular weight is 320 g/mol. The van der Waals surface area contributed by atoms with Gasteiger partial charge in [0.15, 0.2) is 0 Å². The summed E-state index contributed by atoms with van der Waals surface area (Å²) in [6, 6.07) is 6.16. The predicted molar refractivity (Wildman–Crippen MR) is 83.4 cm³/mol. The molecule has 4 nitrogen and oxygen atoms in total. The lowest BCUT2D eigenvalue weighted by molar-refractivity contribution is -0.0388. The van der Waals surface area contributed by atoms with Crippen molar-refractivity contribution in [2.75, 3.05) is 13.2 Å². The summed E-state index contributed by atoms with van der Waals surface area (Å²) in [6.07, 6.45) is 0.0374. The Morgan fingerprint density at radius 2 is 2.09 bits per heavy atom. The van der Waals surface area contributed by atoms with E-state index in [1.165, 1.54) is 23.5 Å². The van der Waals surface area contributed by atoms with Crippen molar-refractivity contribution in [3.8, 4) is 10.6 Å². The molecule has 0 bridgehead atoms. The number of nitrogens with zero attached hydrogens (tertiary/aromatic N) is 2. The Hall–Kier alpha value is -1.79. The third kappa shape index (κ3) is 3.03. The smallest absolute Gasteiger partial charge is 0.273 e. The van der Waals surface area contributed by atoms with Gasteiger partial charge in [-0.25, -0.2) is 9.37 Å². The first kappa shape index (κ1) is 15.1. The molecule has 0 N–H and O–H groups in total. The molecular formula is C16H17FN2O2S. The van der Waals surface area contributed by atoms with Crippen molar-refractivity contribution in [1.82, 2.24) is 9.88 Å². The fraction of sp³-hybridized carbons (Fsp3) is 0.375. The molecule has 1 aromatic heterocycles. The van der Waals surface area contributed by atoms with E-state index in [9.17, 15) is 9.18 Å². The van der Waals surface area contributed by atoms with Crippen molar-refractivity contribution >= 4 is 17.2 Å². The van der Waals surface area contributed by atoms with Gasteiger partial charge in [0.05, 0.1) is 18.8 Å². The highest BCUT2D eigenvalue weighted by molar-refractivity contribution is 7.13. The third-order valence-corrected chi connectivity index (χ3v) is 4.57. The molecule has 116 valence electrons. The molecule has 1 aromatic carbocycles. The average Bonchev–Trinajstić information content (AvgIpc) is 2.99. The van der Waals surface area contributed by atoms with Gasteiger partial charge in [-0.2, -0.15) is 0 Å². The van der Waals surface area contributed by atoms with Gasteiger partial charge in [-0.05, 0) is 38.1 Å². The molecule has 2 heterocycles. The van der Waals surface area contributed by atoms with Crippen LogP contribution in [-0.4, -0.2) is 41.1 Å². The molecule has 1 saturated heterocycles. The molecule has 0 unspecified atom stereocenters. The van der Waals surface area contributed by atoms with Crippen LogP contribution in [-0.2, 0) is 4.74 Å². The zero-order valence-electron chi connectivity index (χ0n) is 12.5. The van der Waals surface area contributed by atoms with Crippen LogP contribution in [0.2, 0.25) is 0 Å². The lowest BCUT2D eigenvalue weighted by Crippen LogP contribution is -2.50. The van der Waals surface area contributed by atoms with E-state index in [-0.39, 0.29) is 23.9 Å². The number of hydrogen-bond acceptors (Lipinski definition) is 4. The summed E-state index contributed by atoms with van der Waals surface area (Å²) >= 11 is 1.39. The number of hydrogen-bond donors (Lipinski definition) is 0. The topological polar surface area (TPSA) is 42.4 Å². The molecule has 2 aromatic rings. The monoisotopic (exact) mass is 320 g/mol. The van der Waals surface area contributed by atoms with Crippen molar-refractivity contribution in [3.05, 3.63) is 41.2 Å². The van der Waals surface area contributed by atoms with E-state index < -0.39 is 0 Å². The molecule has 1 amide bonds. The van der Waals surface area contributed by atoms with Crippen molar-refractivity contribution in [2.24, 2.45) is 0 Å². The molecule has 22 heavy (non-hydrogen) atoms. The summed E-state index contributed by atoms with van der Waals surface area (Å²) in [6.45, 7) is 5.04. The summed E-state index contributed by atoms with van der Waals surface area (Å²) in [5, 5.41) is 2.48. The van der Waals surface area contributed by atoms with Crippen molar-refractivity contribution in [3.63, 3.8) is 0 Å². The van der Waals surface area contributed by atoms with Crippen LogP contribution >= 0.6 is 11.3 Å². The fourth-order valence-electron chi connectivity index (χ4n) is 2.43. The molecule has 0 aliphatic carbocycles. The summed E-state index contributed by atoms with van der Waals surface area (Å²) in [7, 11) is 0. The predicted octanol–water partition coefficient (Wildman–Crippen LogP) is 3.20. The van der Waals surface area contributed by atoms with Gasteiger partial charge in [-0.1, -0.05) is 0 Å². The highest BCUT2D eigenvalue weighted by atomic mass is 32.1. The molecule has 0 spiro atoms. The standard InChI is InChI=1S/C16H17FN2O2S/c1-10-8-21-11(2)7-19(10)16(20)14-9-22-15(18-14)12-3-5-13(17)6-4-12/h3-6,9-11H,7-8H2,1-2H3/t10-,11-/m0/s1. The molecular weight excluding hydrogens is 303 g/mol. The SMILES string of the molecule is C[C@H]1CN(C(=O)c2csc(-c3ccc(F)cc3)n2)[C@@H](C)CO1. The lowest BCUT2D eigenvalue weighted by Gasteiger charge is -2.36. The van der Waals surface area contributed by atoms with Crippen LogP contribution in [0.3, 0.4) is 0 Å². The van der Waals surface area contributed by atoms with Crippen molar-refractivity contribution in [2.45, 2.75) is 26.0 Å². The first-order valence-electron chi connectivity index (χ1n) is 7.18.